The van der Waals surface area contributed by atoms with E-state index in [0.29, 0.717) is 17.5 Å². The largest absolute Gasteiger partial charge is 0.481 e. The molecule has 0 aromatic heterocycles. The summed E-state index contributed by atoms with van der Waals surface area (Å²) in [7, 11) is 0. The monoisotopic (exact) mass is 1040 g/mol. The molecule has 25 heteroatoms. The Morgan fingerprint density at radius 3 is 1.38 bits per heavy atom. The van der Waals surface area contributed by atoms with E-state index in [1.54, 1.807) is 74.5 Å². The van der Waals surface area contributed by atoms with Gasteiger partial charge >= 0.3 is 17.9 Å². The SMILES string of the molecule is CC[C@H](C)[C@H](NC(=O)[C@H](CCC(=O)O)NC(=O)[C@@H](N)CC(C)C)C(=O)N[C@@H](Cc1ccccc1)C(=O)N[C@@H](CO)C(=O)N[C@@H](CCC(=O)O)C(=O)N[C@@H](Cc1ccccc1)C(=O)N[C@@H](CCCN=C(N)N)C(=O)O. The first kappa shape index (κ1) is 62.4. The zero-order valence-electron chi connectivity index (χ0n) is 42.1. The van der Waals surface area contributed by atoms with Crippen molar-refractivity contribution in [3.63, 3.8) is 0 Å². The normalized spacial score (nSPS) is 14.6. The maximum Gasteiger partial charge on any atom is 0.326 e. The number of nitrogens with zero attached hydrogens (tertiary/aromatic N) is 1. The Morgan fingerprint density at radius 2 is 0.946 bits per heavy atom. The van der Waals surface area contributed by atoms with E-state index in [0.717, 1.165) is 0 Å². The number of aliphatic hydroxyl groups excluding tert-OH is 1. The van der Waals surface area contributed by atoms with E-state index in [1.165, 1.54) is 0 Å². The number of hydrogen-bond donors (Lipinski definition) is 14. The molecular formula is C49H73N11O14. The highest BCUT2D eigenvalue weighted by molar-refractivity contribution is 5.98. The Balaban J connectivity index is 2.43. The van der Waals surface area contributed by atoms with E-state index in [4.69, 9.17) is 17.2 Å². The van der Waals surface area contributed by atoms with Crippen LogP contribution in [0.1, 0.15) is 90.2 Å². The number of amides is 7. The van der Waals surface area contributed by atoms with Gasteiger partial charge in [-0.25, -0.2) is 4.79 Å². The molecule has 0 spiro atoms. The minimum Gasteiger partial charge on any atom is -0.481 e. The molecule has 9 atom stereocenters. The van der Waals surface area contributed by atoms with Crippen LogP contribution in [-0.4, -0.2) is 147 Å². The number of aliphatic hydroxyl groups is 1. The summed E-state index contributed by atoms with van der Waals surface area (Å²) in [6.07, 6.45) is -1.86. The number of carbonyl (C=O) groups is 10. The predicted molar refractivity (Wildman–Crippen MR) is 269 cm³/mol. The molecule has 2 aromatic rings. The van der Waals surface area contributed by atoms with Gasteiger partial charge in [-0.3, -0.25) is 48.1 Å². The Morgan fingerprint density at radius 1 is 0.541 bits per heavy atom. The van der Waals surface area contributed by atoms with E-state index in [9.17, 15) is 68.4 Å². The fourth-order valence-electron chi connectivity index (χ4n) is 7.35. The molecule has 0 fully saturated rings. The molecule has 25 nitrogen and oxygen atoms in total. The van der Waals surface area contributed by atoms with E-state index >= 15 is 0 Å². The molecule has 2 rings (SSSR count). The van der Waals surface area contributed by atoms with Crippen molar-refractivity contribution in [3.05, 3.63) is 71.8 Å². The van der Waals surface area contributed by atoms with Crippen LogP contribution in [0.4, 0.5) is 0 Å². The molecule has 0 saturated carbocycles. The molecular weight excluding hydrogens is 967 g/mol. The first-order valence-corrected chi connectivity index (χ1v) is 24.2. The lowest BCUT2D eigenvalue weighted by Crippen LogP contribution is -2.61. The molecule has 0 radical (unpaired) electrons. The van der Waals surface area contributed by atoms with E-state index in [2.05, 4.69) is 42.2 Å². The summed E-state index contributed by atoms with van der Waals surface area (Å²) in [5.74, 6) is -11.5. The number of benzene rings is 2. The van der Waals surface area contributed by atoms with Crippen molar-refractivity contribution in [2.45, 2.75) is 140 Å². The van der Waals surface area contributed by atoms with Gasteiger partial charge < -0.3 is 74.8 Å². The Labute approximate surface area is 429 Å². The second-order valence-electron chi connectivity index (χ2n) is 18.2. The summed E-state index contributed by atoms with van der Waals surface area (Å²) in [6, 6.07) is 4.83. The predicted octanol–water partition coefficient (Wildman–Crippen LogP) is -1.86. The third kappa shape index (κ3) is 23.3. The lowest BCUT2D eigenvalue weighted by atomic mass is 9.96. The quantitative estimate of drug-likeness (QED) is 0.0208. The van der Waals surface area contributed by atoms with Crippen molar-refractivity contribution in [2.75, 3.05) is 13.2 Å². The third-order valence-corrected chi connectivity index (χ3v) is 11.6. The molecule has 2 aromatic carbocycles. The summed E-state index contributed by atoms with van der Waals surface area (Å²) in [5.41, 5.74) is 17.8. The van der Waals surface area contributed by atoms with Crippen LogP contribution in [0.15, 0.2) is 65.7 Å². The molecule has 0 heterocycles. The minimum atomic E-state index is -1.83. The minimum absolute atomic E-state index is 0.0184. The van der Waals surface area contributed by atoms with Gasteiger partial charge in [-0.05, 0) is 55.1 Å². The number of hydrogen-bond acceptors (Lipinski definition) is 13. The number of nitrogens with one attached hydrogen (secondary N) is 7. The summed E-state index contributed by atoms with van der Waals surface area (Å²) in [4.78, 5) is 136. The molecule has 0 bridgehead atoms. The lowest BCUT2D eigenvalue weighted by Gasteiger charge is -2.29. The zero-order valence-corrected chi connectivity index (χ0v) is 42.1. The van der Waals surface area contributed by atoms with Gasteiger partial charge in [0.05, 0.1) is 12.6 Å². The molecule has 7 amide bonds. The van der Waals surface area contributed by atoms with Gasteiger partial charge in [0.2, 0.25) is 41.4 Å². The number of aliphatic carboxylic acids is 3. The van der Waals surface area contributed by atoms with Gasteiger partial charge in [-0.15, -0.1) is 0 Å². The van der Waals surface area contributed by atoms with Gasteiger partial charge in [-0.1, -0.05) is 94.8 Å². The van der Waals surface area contributed by atoms with Gasteiger partial charge in [0.15, 0.2) is 5.96 Å². The first-order chi connectivity index (χ1) is 34.9. The first-order valence-electron chi connectivity index (χ1n) is 24.2. The number of carbonyl (C=O) groups excluding carboxylic acids is 7. The second-order valence-corrected chi connectivity index (χ2v) is 18.2. The van der Waals surface area contributed by atoms with Crippen molar-refractivity contribution in [1.29, 1.82) is 0 Å². The number of carboxylic acids is 3. The van der Waals surface area contributed by atoms with Crippen LogP contribution < -0.4 is 54.4 Å². The number of nitrogens with two attached hydrogens (primary N) is 3. The molecule has 17 N–H and O–H groups in total. The number of aliphatic imine (C=N–C) groups is 1. The van der Waals surface area contributed by atoms with Gasteiger partial charge in [0.25, 0.3) is 0 Å². The number of carboxylic acid groups (broad SMARTS) is 3. The Kier molecular flexibility index (Phi) is 27.4. The van der Waals surface area contributed by atoms with Crippen LogP contribution in [-0.2, 0) is 60.8 Å². The van der Waals surface area contributed by atoms with Gasteiger partial charge in [0.1, 0.15) is 42.3 Å². The molecule has 0 saturated heterocycles. The lowest BCUT2D eigenvalue weighted by molar-refractivity contribution is -0.142. The van der Waals surface area contributed by atoms with Crippen molar-refractivity contribution < 1.29 is 68.4 Å². The highest BCUT2D eigenvalue weighted by atomic mass is 16.4. The van der Waals surface area contributed by atoms with Crippen LogP contribution in [0.2, 0.25) is 0 Å². The molecule has 74 heavy (non-hydrogen) atoms. The zero-order chi connectivity index (χ0) is 55.5. The topological polar surface area (TPSA) is 426 Å². The molecule has 408 valence electrons. The molecule has 0 unspecified atom stereocenters. The Hall–Kier alpha value is -7.67. The maximum absolute atomic E-state index is 14.2. The summed E-state index contributed by atoms with van der Waals surface area (Å²) in [5, 5.41) is 56.5. The van der Waals surface area contributed by atoms with Crippen molar-refractivity contribution in [2.24, 2.45) is 34.0 Å². The van der Waals surface area contributed by atoms with Crippen LogP contribution >= 0.6 is 0 Å². The van der Waals surface area contributed by atoms with Crippen LogP contribution in [0, 0.1) is 11.8 Å². The van der Waals surface area contributed by atoms with Crippen molar-refractivity contribution in [1.82, 2.24) is 37.2 Å². The van der Waals surface area contributed by atoms with E-state index in [-0.39, 0.29) is 56.9 Å². The molecule has 0 aliphatic carbocycles. The highest BCUT2D eigenvalue weighted by Crippen LogP contribution is 2.13. The molecule has 0 aliphatic rings. The standard InChI is InChI=1S/C49H73N11O14/c1-5-28(4)40(60-43(68)33(19-21-39(64)65)54-41(66)31(50)23-27(2)3)47(72)58-36(25-30-15-10-7-11-16-30)45(70)59-37(26-61)46(71)55-32(18-20-38(62)63)42(67)57-35(24-29-13-8-6-9-14-29)44(69)56-34(48(73)74)17-12-22-53-49(51)52/h6-11,13-16,27-28,31-37,40,61H,5,12,17-26,50H2,1-4H3,(H,54,66)(H,55,71)(H,56,69)(H,57,67)(H,58,72)(H,59,70)(H,60,68)(H,62,63)(H,64,65)(H,73,74)(H4,51,52,53)/t28-,31-,32-,33-,34-,35-,36-,37-,40-/m0/s1. The second kappa shape index (κ2) is 32.4. The van der Waals surface area contributed by atoms with Crippen LogP contribution in [0.3, 0.4) is 0 Å². The third-order valence-electron chi connectivity index (χ3n) is 11.6. The molecule has 0 aliphatic heterocycles. The fourth-order valence-corrected chi connectivity index (χ4v) is 7.35. The van der Waals surface area contributed by atoms with Crippen molar-refractivity contribution >= 4 is 65.2 Å². The maximum atomic E-state index is 14.2. The van der Waals surface area contributed by atoms with Crippen LogP contribution in [0.25, 0.3) is 0 Å². The number of rotatable bonds is 34. The van der Waals surface area contributed by atoms with Crippen LogP contribution in [0.5, 0.6) is 0 Å². The average Bonchev–Trinajstić information content (AvgIpc) is 3.34. The summed E-state index contributed by atoms with van der Waals surface area (Å²) in [6.45, 7) is 6.01. The smallest absolute Gasteiger partial charge is 0.326 e. The van der Waals surface area contributed by atoms with Gasteiger partial charge in [-0.2, -0.15) is 0 Å². The average molecular weight is 1040 g/mol. The summed E-state index contributed by atoms with van der Waals surface area (Å²) < 4.78 is 0. The van der Waals surface area contributed by atoms with Gasteiger partial charge in [0, 0.05) is 32.2 Å². The van der Waals surface area contributed by atoms with E-state index in [1.807, 2.05) is 13.8 Å². The Bertz CT molecular complexity index is 2230. The number of guanidine groups is 1. The van der Waals surface area contributed by atoms with E-state index < -0.39 is 139 Å². The highest BCUT2D eigenvalue weighted by Gasteiger charge is 2.36. The fraction of sp³-hybridized carbons (Fsp3) is 0.531. The summed E-state index contributed by atoms with van der Waals surface area (Å²) >= 11 is 0. The van der Waals surface area contributed by atoms with Crippen molar-refractivity contribution in [3.8, 4) is 0 Å².